The summed E-state index contributed by atoms with van der Waals surface area (Å²) in [5, 5.41) is 9.50. The highest BCUT2D eigenvalue weighted by atomic mass is 16.4. The summed E-state index contributed by atoms with van der Waals surface area (Å²) in [6.07, 6.45) is 7.89. The van der Waals surface area contributed by atoms with Gasteiger partial charge in [-0.25, -0.2) is 0 Å². The van der Waals surface area contributed by atoms with Crippen molar-refractivity contribution in [2.24, 2.45) is 11.8 Å². The van der Waals surface area contributed by atoms with Gasteiger partial charge in [0.05, 0.1) is 5.92 Å². The first-order chi connectivity index (χ1) is 9.58. The SMILES string of the molecule is CN(C)CC1CCN(C2CCCCCC2C(=O)O)CC1. The fourth-order valence-electron chi connectivity index (χ4n) is 4.00. The number of hydrogen-bond acceptors (Lipinski definition) is 3. The van der Waals surface area contributed by atoms with Crippen LogP contribution in [0.5, 0.6) is 0 Å². The molecule has 2 rings (SSSR count). The monoisotopic (exact) mass is 282 g/mol. The largest absolute Gasteiger partial charge is 0.481 e. The Hall–Kier alpha value is -0.610. The molecule has 1 saturated carbocycles. The number of piperidine rings is 1. The van der Waals surface area contributed by atoms with Crippen molar-refractivity contribution in [3.05, 3.63) is 0 Å². The van der Waals surface area contributed by atoms with Crippen LogP contribution in [0.25, 0.3) is 0 Å². The molecule has 116 valence electrons. The molecule has 1 saturated heterocycles. The molecule has 0 aromatic heterocycles. The second-order valence-electron chi connectivity index (χ2n) is 6.89. The molecule has 2 aliphatic rings. The van der Waals surface area contributed by atoms with Crippen LogP contribution < -0.4 is 0 Å². The van der Waals surface area contributed by atoms with Crippen LogP contribution in [0.1, 0.15) is 44.9 Å². The van der Waals surface area contributed by atoms with Crippen molar-refractivity contribution in [1.82, 2.24) is 9.80 Å². The van der Waals surface area contributed by atoms with E-state index in [1.807, 2.05) is 0 Å². The molecule has 4 heteroatoms. The molecular formula is C16H30N2O2. The van der Waals surface area contributed by atoms with Gasteiger partial charge in [0.15, 0.2) is 0 Å². The van der Waals surface area contributed by atoms with E-state index in [9.17, 15) is 9.90 Å². The first-order valence-corrected chi connectivity index (χ1v) is 8.19. The fraction of sp³-hybridized carbons (Fsp3) is 0.938. The minimum Gasteiger partial charge on any atom is -0.481 e. The Kier molecular flexibility index (Phi) is 5.85. The van der Waals surface area contributed by atoms with Crippen molar-refractivity contribution in [3.8, 4) is 0 Å². The summed E-state index contributed by atoms with van der Waals surface area (Å²) in [6, 6.07) is 0.287. The quantitative estimate of drug-likeness (QED) is 0.804. The Morgan fingerprint density at radius 3 is 2.35 bits per heavy atom. The van der Waals surface area contributed by atoms with Crippen molar-refractivity contribution in [2.75, 3.05) is 33.7 Å². The maximum Gasteiger partial charge on any atom is 0.308 e. The lowest BCUT2D eigenvalue weighted by atomic mass is 9.89. The van der Waals surface area contributed by atoms with Crippen molar-refractivity contribution in [3.63, 3.8) is 0 Å². The van der Waals surface area contributed by atoms with Crippen molar-refractivity contribution >= 4 is 5.97 Å². The number of hydrogen-bond donors (Lipinski definition) is 1. The Morgan fingerprint density at radius 2 is 1.75 bits per heavy atom. The summed E-state index contributed by atoms with van der Waals surface area (Å²) in [6.45, 7) is 3.35. The van der Waals surface area contributed by atoms with Gasteiger partial charge in [-0.05, 0) is 58.8 Å². The molecule has 1 N–H and O–H groups in total. The number of rotatable bonds is 4. The maximum absolute atomic E-state index is 11.5. The molecular weight excluding hydrogens is 252 g/mol. The number of carboxylic acid groups (broad SMARTS) is 1. The van der Waals surface area contributed by atoms with Crippen LogP contribution in [0.4, 0.5) is 0 Å². The molecule has 0 radical (unpaired) electrons. The van der Waals surface area contributed by atoms with E-state index in [-0.39, 0.29) is 12.0 Å². The Morgan fingerprint density at radius 1 is 1.10 bits per heavy atom. The molecule has 0 aromatic rings. The van der Waals surface area contributed by atoms with Gasteiger partial charge >= 0.3 is 5.97 Å². The third-order valence-corrected chi connectivity index (χ3v) is 5.04. The van der Waals surface area contributed by atoms with Crippen molar-refractivity contribution in [1.29, 1.82) is 0 Å². The van der Waals surface area contributed by atoms with E-state index in [1.54, 1.807) is 0 Å². The molecule has 0 bridgehead atoms. The number of likely N-dealkylation sites (tertiary alicyclic amines) is 1. The van der Waals surface area contributed by atoms with Crippen LogP contribution >= 0.6 is 0 Å². The summed E-state index contributed by atoms with van der Waals surface area (Å²) in [5.41, 5.74) is 0. The highest BCUT2D eigenvalue weighted by Crippen LogP contribution is 2.30. The predicted molar refractivity (Wildman–Crippen MR) is 80.8 cm³/mol. The minimum absolute atomic E-state index is 0.136. The average Bonchev–Trinajstić information content (AvgIpc) is 2.64. The van der Waals surface area contributed by atoms with Gasteiger partial charge in [-0.15, -0.1) is 0 Å². The van der Waals surface area contributed by atoms with Crippen molar-refractivity contribution < 1.29 is 9.90 Å². The van der Waals surface area contributed by atoms with Crippen LogP contribution in [-0.4, -0.2) is 60.6 Å². The maximum atomic E-state index is 11.5. The van der Waals surface area contributed by atoms with E-state index < -0.39 is 5.97 Å². The molecule has 0 aromatic carbocycles. The number of nitrogens with zero attached hydrogens (tertiary/aromatic N) is 2. The van der Waals surface area contributed by atoms with E-state index in [0.29, 0.717) is 0 Å². The molecule has 1 aliphatic heterocycles. The highest BCUT2D eigenvalue weighted by molar-refractivity contribution is 5.70. The van der Waals surface area contributed by atoms with Gasteiger partial charge in [-0.1, -0.05) is 19.3 Å². The van der Waals surface area contributed by atoms with Gasteiger partial charge in [-0.3, -0.25) is 9.69 Å². The summed E-state index contributed by atoms with van der Waals surface area (Å²) >= 11 is 0. The van der Waals surface area contributed by atoms with E-state index in [4.69, 9.17) is 0 Å². The normalized spacial score (nSPS) is 30.4. The zero-order valence-corrected chi connectivity index (χ0v) is 13.1. The first-order valence-electron chi connectivity index (χ1n) is 8.19. The van der Waals surface area contributed by atoms with Crippen LogP contribution in [-0.2, 0) is 4.79 Å². The molecule has 2 atom stereocenters. The summed E-state index contributed by atoms with van der Waals surface area (Å²) in [7, 11) is 4.27. The molecule has 2 fully saturated rings. The fourth-order valence-corrected chi connectivity index (χ4v) is 4.00. The molecule has 20 heavy (non-hydrogen) atoms. The third-order valence-electron chi connectivity index (χ3n) is 5.04. The van der Waals surface area contributed by atoms with Gasteiger partial charge in [0, 0.05) is 12.6 Å². The summed E-state index contributed by atoms with van der Waals surface area (Å²) < 4.78 is 0. The lowest BCUT2D eigenvalue weighted by Crippen LogP contribution is -2.47. The van der Waals surface area contributed by atoms with Gasteiger partial charge in [0.1, 0.15) is 0 Å². The third kappa shape index (κ3) is 4.19. The topological polar surface area (TPSA) is 43.8 Å². The smallest absolute Gasteiger partial charge is 0.308 e. The zero-order valence-electron chi connectivity index (χ0n) is 13.1. The number of aliphatic carboxylic acids is 1. The van der Waals surface area contributed by atoms with E-state index in [2.05, 4.69) is 23.9 Å². The average molecular weight is 282 g/mol. The van der Waals surface area contributed by atoms with E-state index >= 15 is 0 Å². The number of carboxylic acids is 1. The molecule has 2 unspecified atom stereocenters. The second kappa shape index (κ2) is 7.41. The predicted octanol–water partition coefficient (Wildman–Crippen LogP) is 2.29. The van der Waals surface area contributed by atoms with Crippen LogP contribution in [0.15, 0.2) is 0 Å². The first kappa shape index (κ1) is 15.8. The van der Waals surface area contributed by atoms with Gasteiger partial charge in [0.25, 0.3) is 0 Å². The molecule has 1 aliphatic carbocycles. The van der Waals surface area contributed by atoms with E-state index in [0.717, 1.165) is 38.3 Å². The molecule has 4 nitrogen and oxygen atoms in total. The van der Waals surface area contributed by atoms with Gasteiger partial charge < -0.3 is 10.0 Å². The molecule has 0 amide bonds. The van der Waals surface area contributed by atoms with E-state index in [1.165, 1.54) is 32.2 Å². The van der Waals surface area contributed by atoms with Crippen LogP contribution in [0.2, 0.25) is 0 Å². The second-order valence-corrected chi connectivity index (χ2v) is 6.89. The lowest BCUT2D eigenvalue weighted by molar-refractivity contribution is -0.144. The van der Waals surface area contributed by atoms with Gasteiger partial charge in [-0.2, -0.15) is 0 Å². The Labute approximate surface area is 123 Å². The Bertz CT molecular complexity index is 312. The molecule has 0 spiro atoms. The molecule has 1 heterocycles. The summed E-state index contributed by atoms with van der Waals surface area (Å²) in [4.78, 5) is 16.3. The van der Waals surface area contributed by atoms with Crippen LogP contribution in [0.3, 0.4) is 0 Å². The van der Waals surface area contributed by atoms with Crippen molar-refractivity contribution in [2.45, 2.75) is 51.0 Å². The van der Waals surface area contributed by atoms with Crippen LogP contribution in [0, 0.1) is 11.8 Å². The number of carbonyl (C=O) groups is 1. The zero-order chi connectivity index (χ0) is 14.5. The summed E-state index contributed by atoms with van der Waals surface area (Å²) in [5.74, 6) is 0.0746. The highest BCUT2D eigenvalue weighted by Gasteiger charge is 2.35. The Balaban J connectivity index is 1.91. The lowest BCUT2D eigenvalue weighted by Gasteiger charge is -2.40. The van der Waals surface area contributed by atoms with Gasteiger partial charge in [0.2, 0.25) is 0 Å². The minimum atomic E-state index is -0.577. The standard InChI is InChI=1S/C16H30N2O2/c1-17(2)12-13-8-10-18(11-9-13)15-7-5-3-4-6-14(15)16(19)20/h13-15H,3-12H2,1-2H3,(H,19,20).